The summed E-state index contributed by atoms with van der Waals surface area (Å²) in [4.78, 5) is 0. The Morgan fingerprint density at radius 2 is 0.484 bits per heavy atom. The minimum atomic E-state index is -0.195. The van der Waals surface area contributed by atoms with Crippen molar-refractivity contribution in [3.05, 3.63) is 239 Å². The topological polar surface area (TPSA) is 75.6 Å². The van der Waals surface area contributed by atoms with Crippen LogP contribution in [-0.2, 0) is 46.2 Å². The van der Waals surface area contributed by atoms with Crippen LogP contribution in [-0.4, -0.2) is 5.11 Å². The number of ether oxygens (including phenoxy) is 6. The van der Waals surface area contributed by atoms with E-state index in [4.69, 9.17) is 28.4 Å². The second-order valence-corrected chi connectivity index (χ2v) is 15.1. The van der Waals surface area contributed by atoms with Crippen LogP contribution in [0.3, 0.4) is 0 Å². The first-order valence-electron chi connectivity index (χ1n) is 21.0. The van der Waals surface area contributed by atoms with Gasteiger partial charge in [0.2, 0.25) is 0 Å². The Hall–Kier alpha value is -7.74. The third-order valence-corrected chi connectivity index (χ3v) is 10.3. The van der Waals surface area contributed by atoms with Crippen molar-refractivity contribution in [3.8, 4) is 34.5 Å². The van der Waals surface area contributed by atoms with Crippen molar-refractivity contribution >= 4 is 24.3 Å². The Kier molecular flexibility index (Phi) is 15.5. The van der Waals surface area contributed by atoms with Gasteiger partial charge in [0.1, 0.15) is 74.1 Å². The highest BCUT2D eigenvalue weighted by Crippen LogP contribution is 2.30. The first kappa shape index (κ1) is 44.3. The molecular formula is C57H52O7. The lowest BCUT2D eigenvalue weighted by atomic mass is 10.1. The molecule has 7 aromatic carbocycles. The van der Waals surface area contributed by atoms with Gasteiger partial charge >= 0.3 is 0 Å². The molecule has 0 unspecified atom stereocenters. The number of benzene rings is 7. The Morgan fingerprint density at radius 3 is 0.688 bits per heavy atom. The molecule has 7 aromatic rings. The predicted molar refractivity (Wildman–Crippen MR) is 257 cm³/mol. The van der Waals surface area contributed by atoms with Crippen LogP contribution in [0.5, 0.6) is 34.5 Å². The minimum Gasteiger partial charge on any atom is -0.489 e. The lowest BCUT2D eigenvalue weighted by molar-refractivity contribution is 0.267. The quantitative estimate of drug-likeness (QED) is 0.0687. The van der Waals surface area contributed by atoms with E-state index in [1.165, 1.54) is 0 Å². The Bertz CT molecular complexity index is 2320. The highest BCUT2D eigenvalue weighted by atomic mass is 16.5. The van der Waals surface area contributed by atoms with Gasteiger partial charge in [-0.3, -0.25) is 0 Å². The molecule has 0 fully saturated rings. The third kappa shape index (κ3) is 13.1. The van der Waals surface area contributed by atoms with E-state index in [2.05, 4.69) is 26.3 Å². The highest BCUT2D eigenvalue weighted by molar-refractivity contribution is 5.50. The van der Waals surface area contributed by atoms with Gasteiger partial charge < -0.3 is 33.5 Å². The summed E-state index contributed by atoms with van der Waals surface area (Å²) >= 11 is 0. The van der Waals surface area contributed by atoms with E-state index >= 15 is 0 Å². The van der Waals surface area contributed by atoms with Gasteiger partial charge in [0.05, 0.1) is 6.61 Å². The van der Waals surface area contributed by atoms with Crippen LogP contribution >= 0.6 is 0 Å². The molecular weight excluding hydrogens is 797 g/mol. The largest absolute Gasteiger partial charge is 0.489 e. The van der Waals surface area contributed by atoms with Crippen LogP contribution < -0.4 is 28.4 Å². The normalized spacial score (nSPS) is 10.6. The van der Waals surface area contributed by atoms with Crippen molar-refractivity contribution in [3.63, 3.8) is 0 Å². The van der Waals surface area contributed by atoms with E-state index in [1.807, 2.05) is 164 Å². The number of hydrogen-bond donors (Lipinski definition) is 1. The molecule has 0 radical (unpaired) electrons. The van der Waals surface area contributed by atoms with Crippen molar-refractivity contribution < 1.29 is 33.5 Å². The molecule has 322 valence electrons. The second-order valence-electron chi connectivity index (χ2n) is 15.1. The molecule has 7 heteroatoms. The zero-order valence-electron chi connectivity index (χ0n) is 35.9. The van der Waals surface area contributed by atoms with Crippen molar-refractivity contribution in [2.45, 2.75) is 46.2 Å². The van der Waals surface area contributed by atoms with Crippen molar-refractivity contribution in [2.24, 2.45) is 0 Å². The van der Waals surface area contributed by atoms with Gasteiger partial charge in [-0.2, -0.15) is 0 Å². The summed E-state index contributed by atoms with van der Waals surface area (Å²) in [7, 11) is 0. The number of aliphatic hydroxyl groups excluding tert-OH is 1. The van der Waals surface area contributed by atoms with Crippen LogP contribution in [0.1, 0.15) is 61.2 Å². The third-order valence-electron chi connectivity index (χ3n) is 10.3. The molecule has 0 spiro atoms. The molecule has 64 heavy (non-hydrogen) atoms. The molecule has 7 rings (SSSR count). The van der Waals surface area contributed by atoms with E-state index in [-0.39, 0.29) is 19.8 Å². The van der Waals surface area contributed by atoms with Crippen LogP contribution in [0.15, 0.2) is 178 Å². The molecule has 0 aliphatic carbocycles. The summed E-state index contributed by atoms with van der Waals surface area (Å²) < 4.78 is 37.8. The van der Waals surface area contributed by atoms with E-state index in [0.29, 0.717) is 66.5 Å². The first-order chi connectivity index (χ1) is 31.4. The zero-order chi connectivity index (χ0) is 44.5. The average molecular weight is 849 g/mol. The zero-order valence-corrected chi connectivity index (χ0v) is 35.9. The summed E-state index contributed by atoms with van der Waals surface area (Å²) in [6.07, 6.45) is 7.25. The van der Waals surface area contributed by atoms with Gasteiger partial charge in [0.15, 0.2) is 0 Å². The standard InChI is InChI=1S/C57H52O7/c1-5-41-9-17-45(18-10-41)35-59-54-27-50(28-55(32-54)60-36-46-19-11-42(6-2)12-20-46)39-63-52-25-49(34-58)26-53(31-52)64-40-51-29-56(61-37-47-21-13-43(7-3)14-22-47)33-57(30-51)62-38-48-23-15-44(8-4)16-24-48/h5-33,58H,1-4,34-40H2. The molecule has 0 aromatic heterocycles. The van der Waals surface area contributed by atoms with E-state index in [1.54, 1.807) is 12.1 Å². The maximum atomic E-state index is 10.2. The van der Waals surface area contributed by atoms with Crippen LogP contribution in [0, 0.1) is 0 Å². The molecule has 0 atom stereocenters. The summed E-state index contributed by atoms with van der Waals surface area (Å²) in [6.45, 7) is 17.1. The molecule has 0 aliphatic rings. The first-order valence-corrected chi connectivity index (χ1v) is 21.0. The van der Waals surface area contributed by atoms with Gasteiger partial charge in [0.25, 0.3) is 0 Å². The average Bonchev–Trinajstić information content (AvgIpc) is 3.35. The number of hydrogen-bond acceptors (Lipinski definition) is 7. The van der Waals surface area contributed by atoms with Crippen molar-refractivity contribution in [1.29, 1.82) is 0 Å². The summed E-state index contributed by atoms with van der Waals surface area (Å²) in [5.41, 5.74) is 10.6. The Balaban J connectivity index is 1.06. The maximum absolute atomic E-state index is 10.2. The Labute approximate surface area is 376 Å². The lowest BCUT2D eigenvalue weighted by Gasteiger charge is -2.16. The van der Waals surface area contributed by atoms with Gasteiger partial charge in [0, 0.05) is 18.2 Å². The number of rotatable bonds is 23. The monoisotopic (exact) mass is 848 g/mol. The highest BCUT2D eigenvalue weighted by Gasteiger charge is 2.11. The minimum absolute atomic E-state index is 0.195. The fraction of sp³-hybridized carbons (Fsp3) is 0.123. The van der Waals surface area contributed by atoms with Crippen LogP contribution in [0.2, 0.25) is 0 Å². The van der Waals surface area contributed by atoms with Gasteiger partial charge in [-0.05, 0) is 97.6 Å². The smallest absolute Gasteiger partial charge is 0.123 e. The van der Waals surface area contributed by atoms with E-state index in [9.17, 15) is 5.11 Å². The van der Waals surface area contributed by atoms with Crippen molar-refractivity contribution in [1.82, 2.24) is 0 Å². The maximum Gasteiger partial charge on any atom is 0.123 e. The molecule has 1 N–H and O–H groups in total. The van der Waals surface area contributed by atoms with Crippen molar-refractivity contribution in [2.75, 3.05) is 0 Å². The van der Waals surface area contributed by atoms with E-state index in [0.717, 1.165) is 55.6 Å². The van der Waals surface area contributed by atoms with Gasteiger partial charge in [-0.15, -0.1) is 0 Å². The summed E-state index contributed by atoms with van der Waals surface area (Å²) in [5, 5.41) is 10.2. The molecule has 0 saturated heterocycles. The lowest BCUT2D eigenvalue weighted by Crippen LogP contribution is -2.03. The van der Waals surface area contributed by atoms with Gasteiger partial charge in [-0.1, -0.05) is 148 Å². The fourth-order valence-corrected chi connectivity index (χ4v) is 6.65. The molecule has 0 aliphatic heterocycles. The Morgan fingerprint density at radius 1 is 0.281 bits per heavy atom. The molecule has 0 bridgehead atoms. The van der Waals surface area contributed by atoms with E-state index < -0.39 is 0 Å². The molecule has 0 amide bonds. The van der Waals surface area contributed by atoms with Crippen LogP contribution in [0.4, 0.5) is 0 Å². The second kappa shape index (κ2) is 22.4. The molecule has 0 saturated carbocycles. The SMILES string of the molecule is C=Cc1ccc(COc2cc(COc3cc(CO)cc(OCc4cc(OCc5ccc(C=C)cc5)cc(OCc5ccc(C=C)cc5)c4)c3)cc(OCc3ccc(C=C)cc3)c2)cc1. The number of aliphatic hydroxyl groups is 1. The summed E-state index contributed by atoms with van der Waals surface area (Å²) in [6, 6.07) is 49.2. The fourth-order valence-electron chi connectivity index (χ4n) is 6.65. The predicted octanol–water partition coefficient (Wildman–Crippen LogP) is 13.2. The van der Waals surface area contributed by atoms with Crippen LogP contribution in [0.25, 0.3) is 24.3 Å². The molecule has 7 nitrogen and oxygen atoms in total. The molecule has 0 heterocycles. The van der Waals surface area contributed by atoms with Gasteiger partial charge in [-0.25, -0.2) is 0 Å². The summed E-state index contributed by atoms with van der Waals surface area (Å²) in [5.74, 6) is 3.64.